The van der Waals surface area contributed by atoms with Crippen LogP contribution in [0.3, 0.4) is 0 Å². The largest absolute Gasteiger partial charge is 0.507 e. The van der Waals surface area contributed by atoms with Gasteiger partial charge >= 0.3 is 0 Å². The van der Waals surface area contributed by atoms with Crippen molar-refractivity contribution in [1.29, 1.82) is 0 Å². The zero-order valence-electron chi connectivity index (χ0n) is 16.7. The Labute approximate surface area is 177 Å². The Morgan fingerprint density at radius 3 is 2.61 bits per heavy atom. The minimum atomic E-state index is -2.57. The van der Waals surface area contributed by atoms with E-state index in [2.05, 4.69) is 20.4 Å². The van der Waals surface area contributed by atoms with Gasteiger partial charge in [-0.25, -0.2) is 8.78 Å². The molecule has 7 nitrogen and oxygen atoms in total. The van der Waals surface area contributed by atoms with E-state index in [0.29, 0.717) is 54.5 Å². The van der Waals surface area contributed by atoms with Crippen molar-refractivity contribution >= 4 is 5.82 Å². The van der Waals surface area contributed by atoms with Gasteiger partial charge < -0.3 is 14.7 Å². The van der Waals surface area contributed by atoms with E-state index in [1.165, 1.54) is 0 Å². The number of halogens is 2. The first kappa shape index (κ1) is 19.6. The molecule has 0 bridgehead atoms. The number of nitrogens with zero attached hydrogens (tertiary/aromatic N) is 5. The minimum absolute atomic E-state index is 0.00194. The molecule has 31 heavy (non-hydrogen) atoms. The third-order valence-corrected chi connectivity index (χ3v) is 5.87. The number of ether oxygens (including phenoxy) is 1. The van der Waals surface area contributed by atoms with Crippen molar-refractivity contribution in [3.8, 4) is 34.0 Å². The van der Waals surface area contributed by atoms with Crippen molar-refractivity contribution < 1.29 is 18.6 Å². The van der Waals surface area contributed by atoms with Gasteiger partial charge in [0.05, 0.1) is 12.2 Å². The van der Waals surface area contributed by atoms with Gasteiger partial charge in [-0.2, -0.15) is 10.2 Å². The topological polar surface area (TPSA) is 84.3 Å². The van der Waals surface area contributed by atoms with Gasteiger partial charge in [0, 0.05) is 42.3 Å². The van der Waals surface area contributed by atoms with Gasteiger partial charge in [0.2, 0.25) is 5.92 Å². The van der Waals surface area contributed by atoms with E-state index in [1.807, 2.05) is 17.0 Å². The van der Waals surface area contributed by atoms with Crippen molar-refractivity contribution in [2.75, 3.05) is 18.1 Å². The van der Waals surface area contributed by atoms with E-state index < -0.39 is 5.92 Å². The Morgan fingerprint density at radius 2 is 1.87 bits per heavy atom. The summed E-state index contributed by atoms with van der Waals surface area (Å²) in [5.41, 5.74) is 2.37. The first-order valence-electron chi connectivity index (χ1n) is 10.3. The lowest BCUT2D eigenvalue weighted by Gasteiger charge is -2.39. The second kappa shape index (κ2) is 7.72. The third kappa shape index (κ3) is 3.87. The van der Waals surface area contributed by atoms with E-state index in [0.717, 1.165) is 5.56 Å². The Kier molecular flexibility index (Phi) is 4.88. The Hall–Kier alpha value is -3.36. The highest BCUT2D eigenvalue weighted by atomic mass is 19.3. The fraction of sp³-hybridized carbons (Fsp3) is 0.364. The van der Waals surface area contributed by atoms with Gasteiger partial charge in [-0.3, -0.25) is 0 Å². The average molecular weight is 425 g/mol. The standard InChI is InChI=1S/C22H21F2N5O2/c23-22(24)7-5-15(6-8-22)29-10-11-31-20-13-18(27-28-21(20)29)16-4-3-14(12-19(16)30)17-2-1-9-25-26-17/h1-4,9,12-13,15,30H,5-8,10-11H2. The van der Waals surface area contributed by atoms with E-state index in [1.54, 1.807) is 30.5 Å². The molecule has 1 aromatic carbocycles. The lowest BCUT2D eigenvalue weighted by atomic mass is 9.91. The molecule has 9 heteroatoms. The molecule has 2 aromatic heterocycles. The van der Waals surface area contributed by atoms with Crippen LogP contribution in [0.4, 0.5) is 14.6 Å². The number of aromatic hydroxyl groups is 1. The normalized spacial score (nSPS) is 18.3. The highest BCUT2D eigenvalue weighted by molar-refractivity contribution is 5.74. The quantitative estimate of drug-likeness (QED) is 0.677. The number of hydrogen-bond acceptors (Lipinski definition) is 7. The van der Waals surface area contributed by atoms with Crippen molar-refractivity contribution in [3.05, 3.63) is 42.6 Å². The number of fused-ring (bicyclic) bond motifs is 1. The van der Waals surface area contributed by atoms with Crippen molar-refractivity contribution in [3.63, 3.8) is 0 Å². The predicted octanol–water partition coefficient (Wildman–Crippen LogP) is 4.08. The smallest absolute Gasteiger partial charge is 0.248 e. The van der Waals surface area contributed by atoms with E-state index in [4.69, 9.17) is 4.74 Å². The fourth-order valence-electron chi connectivity index (χ4n) is 4.22. The predicted molar refractivity (Wildman–Crippen MR) is 110 cm³/mol. The summed E-state index contributed by atoms with van der Waals surface area (Å²) < 4.78 is 32.9. The van der Waals surface area contributed by atoms with Gasteiger partial charge in [0.15, 0.2) is 11.6 Å². The van der Waals surface area contributed by atoms with Crippen LogP contribution in [0.5, 0.6) is 11.5 Å². The number of aromatic nitrogens is 4. The van der Waals surface area contributed by atoms with E-state index in [-0.39, 0.29) is 24.6 Å². The van der Waals surface area contributed by atoms with Crippen LogP contribution in [-0.2, 0) is 0 Å². The van der Waals surface area contributed by atoms with Crippen molar-refractivity contribution in [2.24, 2.45) is 0 Å². The summed E-state index contributed by atoms with van der Waals surface area (Å²) >= 11 is 0. The molecule has 1 N–H and O–H groups in total. The molecule has 3 aromatic rings. The first-order chi connectivity index (χ1) is 15.0. The summed E-state index contributed by atoms with van der Waals surface area (Å²) in [4.78, 5) is 2.03. The van der Waals surface area contributed by atoms with Gasteiger partial charge in [0.25, 0.3) is 0 Å². The van der Waals surface area contributed by atoms with Crippen LogP contribution in [0.2, 0.25) is 0 Å². The van der Waals surface area contributed by atoms with Crippen LogP contribution in [0.15, 0.2) is 42.6 Å². The monoisotopic (exact) mass is 425 g/mol. The Balaban J connectivity index is 1.41. The lowest BCUT2D eigenvalue weighted by Crippen LogP contribution is -2.45. The summed E-state index contributed by atoms with van der Waals surface area (Å²) in [6.07, 6.45) is 2.20. The Bertz CT molecular complexity index is 1090. The highest BCUT2D eigenvalue weighted by Gasteiger charge is 2.38. The number of anilines is 1. The van der Waals surface area contributed by atoms with Crippen LogP contribution >= 0.6 is 0 Å². The minimum Gasteiger partial charge on any atom is -0.507 e. The maximum absolute atomic E-state index is 13.6. The number of hydrogen-bond donors (Lipinski definition) is 1. The van der Waals surface area contributed by atoms with Gasteiger partial charge in [0.1, 0.15) is 18.1 Å². The molecule has 3 heterocycles. The second-order valence-corrected chi connectivity index (χ2v) is 7.89. The van der Waals surface area contributed by atoms with E-state index >= 15 is 0 Å². The van der Waals surface area contributed by atoms with Crippen LogP contribution in [-0.4, -0.2) is 50.6 Å². The molecule has 0 radical (unpaired) electrons. The average Bonchev–Trinajstić information content (AvgIpc) is 2.79. The fourth-order valence-corrected chi connectivity index (χ4v) is 4.22. The molecule has 1 fully saturated rings. The summed E-state index contributed by atoms with van der Waals surface area (Å²) in [5, 5.41) is 27.1. The highest BCUT2D eigenvalue weighted by Crippen LogP contribution is 2.41. The summed E-state index contributed by atoms with van der Waals surface area (Å²) in [6.45, 7) is 1.04. The molecular weight excluding hydrogens is 404 g/mol. The maximum Gasteiger partial charge on any atom is 0.248 e. The molecule has 160 valence electrons. The molecule has 0 atom stereocenters. The number of alkyl halides is 2. The summed E-state index contributed by atoms with van der Waals surface area (Å²) in [5.74, 6) is -1.41. The first-order valence-corrected chi connectivity index (χ1v) is 10.3. The number of benzene rings is 1. The zero-order chi connectivity index (χ0) is 21.4. The molecule has 1 aliphatic carbocycles. The SMILES string of the molecule is Oc1cc(-c2cccnn2)ccc1-c1cc2c(nn1)N(C1CCC(F)(F)CC1)CCO2. The summed E-state index contributed by atoms with van der Waals surface area (Å²) in [6, 6.07) is 10.5. The van der Waals surface area contributed by atoms with Gasteiger partial charge in [-0.15, -0.1) is 10.2 Å². The lowest BCUT2D eigenvalue weighted by molar-refractivity contribution is -0.0384. The van der Waals surface area contributed by atoms with Gasteiger partial charge in [-0.05, 0) is 37.1 Å². The number of phenolic OH excluding ortho intramolecular Hbond substituents is 1. The molecule has 2 aliphatic rings. The summed E-state index contributed by atoms with van der Waals surface area (Å²) in [7, 11) is 0. The van der Waals surface area contributed by atoms with Crippen molar-refractivity contribution in [2.45, 2.75) is 37.6 Å². The number of rotatable bonds is 3. The molecule has 5 rings (SSSR count). The van der Waals surface area contributed by atoms with Crippen LogP contribution < -0.4 is 9.64 Å². The second-order valence-electron chi connectivity index (χ2n) is 7.89. The van der Waals surface area contributed by atoms with E-state index in [9.17, 15) is 13.9 Å². The molecular formula is C22H21F2N5O2. The zero-order valence-corrected chi connectivity index (χ0v) is 16.7. The molecule has 0 amide bonds. The Morgan fingerprint density at radius 1 is 1.03 bits per heavy atom. The maximum atomic E-state index is 13.6. The van der Waals surface area contributed by atoms with Crippen LogP contribution in [0.1, 0.15) is 25.7 Å². The molecule has 0 spiro atoms. The van der Waals surface area contributed by atoms with Gasteiger partial charge in [-0.1, -0.05) is 6.07 Å². The van der Waals surface area contributed by atoms with Crippen molar-refractivity contribution in [1.82, 2.24) is 20.4 Å². The molecule has 1 aliphatic heterocycles. The number of phenols is 1. The molecule has 0 saturated heterocycles. The molecule has 1 saturated carbocycles. The third-order valence-electron chi connectivity index (χ3n) is 5.87. The van der Waals surface area contributed by atoms with Crippen LogP contribution in [0, 0.1) is 0 Å². The molecule has 0 unspecified atom stereocenters. The van der Waals surface area contributed by atoms with Crippen LogP contribution in [0.25, 0.3) is 22.5 Å².